The molecule has 0 atom stereocenters. The molecule has 1 amide bonds. The van der Waals surface area contributed by atoms with E-state index in [0.717, 1.165) is 11.3 Å². The molecule has 1 aromatic carbocycles. The van der Waals surface area contributed by atoms with Gasteiger partial charge in [-0.1, -0.05) is 31.4 Å². The van der Waals surface area contributed by atoms with Crippen LogP contribution in [0, 0.1) is 0 Å². The third kappa shape index (κ3) is 3.65. The van der Waals surface area contributed by atoms with E-state index in [2.05, 4.69) is 39.6 Å². The normalized spacial score (nSPS) is 17.5. The topological polar surface area (TPSA) is 58.1 Å². The highest BCUT2D eigenvalue weighted by Crippen LogP contribution is 2.34. The molecule has 27 heavy (non-hydrogen) atoms. The number of aromatic nitrogens is 2. The number of halogens is 1. The second-order valence-corrected chi connectivity index (χ2v) is 8.12. The summed E-state index contributed by atoms with van der Waals surface area (Å²) in [6.07, 6.45) is 6.60. The van der Waals surface area contributed by atoms with Crippen LogP contribution < -0.4 is 5.32 Å². The number of rotatable bonds is 4. The highest BCUT2D eigenvalue weighted by Gasteiger charge is 2.34. The first-order valence-corrected chi connectivity index (χ1v) is 10.1. The standard InChI is InChI=1S/C21H25ClN4O/c1-13(2)26-12-17-18(20(26)27)24-21(22)25-19(17)23-16-10-8-15(9-11-16)14-6-4-3-5-7-14/h8-11,13-14H,3-7,12H2,1-2H3,(H,23,24,25). The molecular formula is C21H25ClN4O. The van der Waals surface area contributed by atoms with Crippen LogP contribution in [0.3, 0.4) is 0 Å². The van der Waals surface area contributed by atoms with Gasteiger partial charge >= 0.3 is 0 Å². The summed E-state index contributed by atoms with van der Waals surface area (Å²) < 4.78 is 0. The quantitative estimate of drug-likeness (QED) is 0.728. The van der Waals surface area contributed by atoms with Gasteiger partial charge in [-0.15, -0.1) is 0 Å². The van der Waals surface area contributed by atoms with Crippen molar-refractivity contribution in [3.05, 3.63) is 46.4 Å². The summed E-state index contributed by atoms with van der Waals surface area (Å²) in [5, 5.41) is 3.43. The van der Waals surface area contributed by atoms with Crippen LogP contribution in [0.15, 0.2) is 24.3 Å². The molecule has 1 aliphatic carbocycles. The van der Waals surface area contributed by atoms with Crippen LogP contribution >= 0.6 is 11.6 Å². The van der Waals surface area contributed by atoms with E-state index >= 15 is 0 Å². The van der Waals surface area contributed by atoms with Crippen LogP contribution in [0.5, 0.6) is 0 Å². The molecule has 1 N–H and O–H groups in total. The third-order valence-electron chi connectivity index (χ3n) is 5.65. The van der Waals surface area contributed by atoms with Crippen molar-refractivity contribution in [3.63, 3.8) is 0 Å². The number of carbonyl (C=O) groups is 1. The summed E-state index contributed by atoms with van der Waals surface area (Å²) in [5.74, 6) is 1.22. The van der Waals surface area contributed by atoms with Crippen molar-refractivity contribution in [2.45, 2.75) is 64.5 Å². The first-order chi connectivity index (χ1) is 13.0. The van der Waals surface area contributed by atoms with E-state index in [4.69, 9.17) is 11.6 Å². The second-order valence-electron chi connectivity index (χ2n) is 7.78. The molecule has 0 saturated heterocycles. The first-order valence-electron chi connectivity index (χ1n) is 9.77. The van der Waals surface area contributed by atoms with Crippen LogP contribution in [0.4, 0.5) is 11.5 Å². The summed E-state index contributed by atoms with van der Waals surface area (Å²) in [6.45, 7) is 4.50. The van der Waals surface area contributed by atoms with Crippen LogP contribution in [0.25, 0.3) is 0 Å². The van der Waals surface area contributed by atoms with Gasteiger partial charge in [0.25, 0.3) is 5.91 Å². The van der Waals surface area contributed by atoms with Crippen LogP contribution in [0.2, 0.25) is 5.28 Å². The predicted molar refractivity (Wildman–Crippen MR) is 108 cm³/mol. The number of amides is 1. The third-order valence-corrected chi connectivity index (χ3v) is 5.81. The van der Waals surface area contributed by atoms with E-state index in [1.54, 1.807) is 4.90 Å². The van der Waals surface area contributed by atoms with Gasteiger partial charge in [0.1, 0.15) is 11.5 Å². The number of fused-ring (bicyclic) bond motifs is 1. The number of nitrogens with one attached hydrogen (secondary N) is 1. The Morgan fingerprint density at radius 3 is 2.48 bits per heavy atom. The average Bonchev–Trinajstić information content (AvgIpc) is 3.00. The van der Waals surface area contributed by atoms with E-state index in [0.29, 0.717) is 24.0 Å². The molecule has 5 nitrogen and oxygen atoms in total. The minimum atomic E-state index is -0.0833. The van der Waals surface area contributed by atoms with E-state index in [-0.39, 0.29) is 17.2 Å². The maximum absolute atomic E-state index is 12.6. The Morgan fingerprint density at radius 2 is 1.81 bits per heavy atom. The van der Waals surface area contributed by atoms with E-state index in [1.165, 1.54) is 37.7 Å². The van der Waals surface area contributed by atoms with E-state index in [1.807, 2.05) is 13.8 Å². The average molecular weight is 385 g/mol. The maximum Gasteiger partial charge on any atom is 0.273 e. The van der Waals surface area contributed by atoms with Crippen LogP contribution in [0.1, 0.15) is 73.5 Å². The molecule has 0 bridgehead atoms. The lowest BCUT2D eigenvalue weighted by molar-refractivity contribution is 0.0726. The smallest absolute Gasteiger partial charge is 0.273 e. The fraction of sp³-hybridized carbons (Fsp3) is 0.476. The number of hydrogen-bond donors (Lipinski definition) is 1. The Hall–Kier alpha value is -2.14. The molecule has 1 saturated carbocycles. The lowest BCUT2D eigenvalue weighted by atomic mass is 9.84. The number of nitrogens with zero attached hydrogens (tertiary/aromatic N) is 3. The summed E-state index contributed by atoms with van der Waals surface area (Å²) >= 11 is 6.08. The molecule has 142 valence electrons. The molecule has 1 fully saturated rings. The Bertz CT molecular complexity index is 844. The van der Waals surface area contributed by atoms with Gasteiger partial charge in [0.05, 0.1) is 6.54 Å². The Balaban J connectivity index is 1.57. The summed E-state index contributed by atoms with van der Waals surface area (Å²) in [5.41, 5.74) is 3.58. The van der Waals surface area contributed by atoms with Crippen molar-refractivity contribution in [3.8, 4) is 0 Å². The number of carbonyl (C=O) groups excluding carboxylic acids is 1. The van der Waals surface area contributed by atoms with E-state index in [9.17, 15) is 4.79 Å². The highest BCUT2D eigenvalue weighted by molar-refractivity contribution is 6.28. The molecule has 0 unspecified atom stereocenters. The number of benzene rings is 1. The molecule has 0 spiro atoms. The predicted octanol–water partition coefficient (Wildman–Crippen LogP) is 5.29. The summed E-state index contributed by atoms with van der Waals surface area (Å²) in [4.78, 5) is 22.9. The number of hydrogen-bond acceptors (Lipinski definition) is 4. The van der Waals surface area contributed by atoms with Gasteiger partial charge in [0.2, 0.25) is 5.28 Å². The largest absolute Gasteiger partial charge is 0.340 e. The molecule has 0 radical (unpaired) electrons. The molecule has 1 aromatic heterocycles. The van der Waals surface area contributed by atoms with Crippen LogP contribution in [-0.2, 0) is 6.54 Å². The second kappa shape index (κ2) is 7.47. The molecular weight excluding hydrogens is 360 g/mol. The fourth-order valence-electron chi connectivity index (χ4n) is 4.09. The Labute approximate surface area is 165 Å². The minimum absolute atomic E-state index is 0.0833. The van der Waals surface area contributed by atoms with Crippen molar-refractivity contribution in [1.29, 1.82) is 0 Å². The molecule has 2 aromatic rings. The van der Waals surface area contributed by atoms with Crippen molar-refractivity contribution < 1.29 is 4.79 Å². The van der Waals surface area contributed by atoms with Crippen molar-refractivity contribution in [2.75, 3.05) is 5.32 Å². The zero-order valence-corrected chi connectivity index (χ0v) is 16.6. The molecule has 4 rings (SSSR count). The number of anilines is 2. The van der Waals surface area contributed by atoms with Crippen LogP contribution in [-0.4, -0.2) is 26.8 Å². The van der Waals surface area contributed by atoms with Crippen molar-refractivity contribution in [1.82, 2.24) is 14.9 Å². The lowest BCUT2D eigenvalue weighted by Crippen LogP contribution is -2.31. The lowest BCUT2D eigenvalue weighted by Gasteiger charge is -2.22. The SMILES string of the molecule is CC(C)N1Cc2c(Nc3ccc(C4CCCCC4)cc3)nc(Cl)nc2C1=O. The Kier molecular flexibility index (Phi) is 5.04. The molecule has 2 aliphatic rings. The van der Waals surface area contributed by atoms with Crippen molar-refractivity contribution >= 4 is 29.0 Å². The minimum Gasteiger partial charge on any atom is -0.340 e. The summed E-state index contributed by atoms with van der Waals surface area (Å²) in [6, 6.07) is 8.68. The highest BCUT2D eigenvalue weighted by atomic mass is 35.5. The summed E-state index contributed by atoms with van der Waals surface area (Å²) in [7, 11) is 0. The van der Waals surface area contributed by atoms with Gasteiger partial charge in [-0.2, -0.15) is 0 Å². The molecule has 6 heteroatoms. The zero-order valence-electron chi connectivity index (χ0n) is 15.8. The first kappa shape index (κ1) is 18.2. The monoisotopic (exact) mass is 384 g/mol. The maximum atomic E-state index is 12.6. The van der Waals surface area contributed by atoms with E-state index < -0.39 is 0 Å². The fourth-order valence-corrected chi connectivity index (χ4v) is 4.26. The Morgan fingerprint density at radius 1 is 1.11 bits per heavy atom. The molecule has 2 heterocycles. The van der Waals surface area contributed by atoms with Gasteiger partial charge in [-0.05, 0) is 61.9 Å². The van der Waals surface area contributed by atoms with Gasteiger partial charge in [-0.3, -0.25) is 4.79 Å². The van der Waals surface area contributed by atoms with Gasteiger partial charge in [0.15, 0.2) is 0 Å². The van der Waals surface area contributed by atoms with Gasteiger partial charge in [0, 0.05) is 17.3 Å². The van der Waals surface area contributed by atoms with Gasteiger partial charge in [-0.25, -0.2) is 9.97 Å². The van der Waals surface area contributed by atoms with Gasteiger partial charge < -0.3 is 10.2 Å². The van der Waals surface area contributed by atoms with Crippen molar-refractivity contribution in [2.24, 2.45) is 0 Å². The zero-order chi connectivity index (χ0) is 19.0. The molecule has 1 aliphatic heterocycles.